The second kappa shape index (κ2) is 4.40. The van der Waals surface area contributed by atoms with E-state index in [0.29, 0.717) is 4.91 Å². The van der Waals surface area contributed by atoms with Crippen LogP contribution in [0.2, 0.25) is 0 Å². The summed E-state index contributed by atoms with van der Waals surface area (Å²) in [5.41, 5.74) is 1.15. The van der Waals surface area contributed by atoms with Crippen LogP contribution in [0.5, 0.6) is 0 Å². The summed E-state index contributed by atoms with van der Waals surface area (Å²) in [6.45, 7) is 0.197. The second-order valence-corrected chi connectivity index (χ2v) is 4.19. The van der Waals surface area contributed by atoms with Crippen molar-refractivity contribution in [3.63, 3.8) is 0 Å². The maximum Gasteiger partial charge on any atom is 0.374 e. The molecule has 0 atom stereocenters. The molecule has 1 N–H and O–H groups in total. The highest BCUT2D eigenvalue weighted by Crippen LogP contribution is 2.27. The number of carbonyl (C=O) groups is 1. The predicted octanol–water partition coefficient (Wildman–Crippen LogP) is 2.25. The molecule has 1 aromatic carbocycles. The molecule has 0 bridgehead atoms. The minimum atomic E-state index is -0.620. The maximum atomic E-state index is 10.9. The van der Waals surface area contributed by atoms with Gasteiger partial charge in [-0.2, -0.15) is 0 Å². The predicted molar refractivity (Wildman–Crippen MR) is 58.4 cm³/mol. The minimum Gasteiger partial charge on any atom is -0.501 e. The average molecular weight is 222 g/mol. The lowest BCUT2D eigenvalue weighted by Crippen LogP contribution is -1.96. The molecule has 1 aliphatic rings. The molecule has 78 valence electrons. The van der Waals surface area contributed by atoms with E-state index in [9.17, 15) is 9.90 Å². The molecule has 3 nitrogen and oxygen atoms in total. The highest BCUT2D eigenvalue weighted by atomic mass is 32.2. The number of hydrogen-bond acceptors (Lipinski definition) is 4. The maximum absolute atomic E-state index is 10.9. The third-order valence-electron chi connectivity index (χ3n) is 2.05. The van der Waals surface area contributed by atoms with Gasteiger partial charge >= 0.3 is 5.97 Å². The Morgan fingerprint density at radius 3 is 2.67 bits per heavy atom. The molecular weight excluding hydrogens is 212 g/mol. The van der Waals surface area contributed by atoms with Crippen molar-refractivity contribution in [2.75, 3.05) is 6.61 Å². The van der Waals surface area contributed by atoms with E-state index in [1.54, 1.807) is 0 Å². The summed E-state index contributed by atoms with van der Waals surface area (Å²) in [5.74, 6) is -0.127. The molecule has 0 amide bonds. The summed E-state index contributed by atoms with van der Waals surface area (Å²) in [6, 6.07) is 9.87. The zero-order valence-electron chi connectivity index (χ0n) is 7.97. The first kappa shape index (κ1) is 10.1. The summed E-state index contributed by atoms with van der Waals surface area (Å²) in [7, 11) is 0. The van der Waals surface area contributed by atoms with Crippen molar-refractivity contribution in [2.45, 2.75) is 5.75 Å². The zero-order valence-corrected chi connectivity index (χ0v) is 8.79. The molecule has 0 unspecified atom stereocenters. The smallest absolute Gasteiger partial charge is 0.374 e. The number of aliphatic hydroxyl groups is 1. The second-order valence-electron chi connectivity index (χ2n) is 3.12. The van der Waals surface area contributed by atoms with Gasteiger partial charge in [0.2, 0.25) is 5.76 Å². The molecule has 1 aliphatic heterocycles. The van der Waals surface area contributed by atoms with Crippen molar-refractivity contribution in [1.82, 2.24) is 0 Å². The van der Waals surface area contributed by atoms with E-state index in [-0.39, 0.29) is 12.4 Å². The third-order valence-corrected chi connectivity index (χ3v) is 3.19. The third kappa shape index (κ3) is 2.33. The van der Waals surface area contributed by atoms with E-state index >= 15 is 0 Å². The van der Waals surface area contributed by atoms with Gasteiger partial charge in [-0.25, -0.2) is 4.79 Å². The number of cyclic esters (lactones) is 1. The fourth-order valence-corrected chi connectivity index (χ4v) is 2.13. The van der Waals surface area contributed by atoms with Crippen LogP contribution < -0.4 is 0 Å². The Kier molecular flexibility index (Phi) is 2.97. The molecule has 0 spiro atoms. The van der Waals surface area contributed by atoms with Gasteiger partial charge in [-0.1, -0.05) is 30.3 Å². The summed E-state index contributed by atoms with van der Waals surface area (Å²) >= 11 is 1.43. The van der Waals surface area contributed by atoms with Crippen molar-refractivity contribution in [3.8, 4) is 0 Å². The van der Waals surface area contributed by atoms with Crippen LogP contribution in [-0.4, -0.2) is 17.7 Å². The van der Waals surface area contributed by atoms with E-state index in [1.165, 1.54) is 11.8 Å². The summed E-state index contributed by atoms with van der Waals surface area (Å²) < 4.78 is 4.68. The van der Waals surface area contributed by atoms with E-state index in [1.807, 2.05) is 30.3 Å². The molecule has 0 aliphatic carbocycles. The minimum absolute atomic E-state index is 0.197. The topological polar surface area (TPSA) is 46.5 Å². The molecule has 1 aromatic rings. The first-order valence-electron chi connectivity index (χ1n) is 4.53. The molecule has 2 rings (SSSR count). The number of carbonyl (C=O) groups excluding carboxylic acids is 1. The molecular formula is C11H10O3S. The van der Waals surface area contributed by atoms with Crippen LogP contribution in [0.25, 0.3) is 0 Å². The van der Waals surface area contributed by atoms with Crippen LogP contribution in [0.4, 0.5) is 0 Å². The fraction of sp³-hybridized carbons (Fsp3) is 0.182. The molecule has 0 radical (unpaired) electrons. The van der Waals surface area contributed by atoms with E-state index < -0.39 is 5.97 Å². The molecule has 0 saturated carbocycles. The Balaban J connectivity index is 1.97. The van der Waals surface area contributed by atoms with E-state index in [4.69, 9.17) is 0 Å². The summed E-state index contributed by atoms with van der Waals surface area (Å²) in [5, 5.41) is 9.32. The largest absolute Gasteiger partial charge is 0.501 e. The van der Waals surface area contributed by atoms with Gasteiger partial charge in [0.15, 0.2) is 0 Å². The molecule has 15 heavy (non-hydrogen) atoms. The lowest BCUT2D eigenvalue weighted by molar-refractivity contribution is -0.138. The molecule has 0 fully saturated rings. The number of benzene rings is 1. The molecule has 0 saturated heterocycles. The van der Waals surface area contributed by atoms with Crippen LogP contribution in [0, 0.1) is 0 Å². The fourth-order valence-electron chi connectivity index (χ4n) is 1.24. The monoisotopic (exact) mass is 222 g/mol. The SMILES string of the molecule is O=C1OCC(SCc2ccccc2)=C1O. The van der Waals surface area contributed by atoms with E-state index in [2.05, 4.69) is 4.74 Å². The first-order chi connectivity index (χ1) is 7.27. The van der Waals surface area contributed by atoms with Crippen molar-refractivity contribution in [1.29, 1.82) is 0 Å². The summed E-state index contributed by atoms with van der Waals surface area (Å²) in [6.07, 6.45) is 0. The van der Waals surface area contributed by atoms with Crippen LogP contribution in [0.1, 0.15) is 5.56 Å². The molecule has 4 heteroatoms. The zero-order chi connectivity index (χ0) is 10.7. The van der Waals surface area contributed by atoms with Crippen molar-refractivity contribution in [3.05, 3.63) is 46.6 Å². The Morgan fingerprint density at radius 2 is 2.07 bits per heavy atom. The van der Waals surface area contributed by atoms with Crippen molar-refractivity contribution < 1.29 is 14.6 Å². The van der Waals surface area contributed by atoms with Gasteiger partial charge in [-0.15, -0.1) is 11.8 Å². The Bertz CT molecular complexity index is 398. The van der Waals surface area contributed by atoms with Gasteiger partial charge in [0.1, 0.15) is 6.61 Å². The standard InChI is InChI=1S/C11H10O3S/c12-10-9(6-14-11(10)13)15-7-8-4-2-1-3-5-8/h1-5,12H,6-7H2. The van der Waals surface area contributed by atoms with Crippen LogP contribution in [0.15, 0.2) is 41.0 Å². The molecule has 0 aromatic heterocycles. The van der Waals surface area contributed by atoms with E-state index in [0.717, 1.165) is 11.3 Å². The normalized spacial score (nSPS) is 15.6. The van der Waals surface area contributed by atoms with Crippen molar-refractivity contribution in [2.24, 2.45) is 0 Å². The number of hydrogen-bond donors (Lipinski definition) is 1. The van der Waals surface area contributed by atoms with Gasteiger partial charge in [0, 0.05) is 5.75 Å². The lowest BCUT2D eigenvalue weighted by atomic mass is 10.2. The van der Waals surface area contributed by atoms with Gasteiger partial charge in [0.25, 0.3) is 0 Å². The highest BCUT2D eigenvalue weighted by Gasteiger charge is 2.24. The lowest BCUT2D eigenvalue weighted by Gasteiger charge is -2.00. The Hall–Kier alpha value is -1.42. The quantitative estimate of drug-likeness (QED) is 0.797. The van der Waals surface area contributed by atoms with Gasteiger partial charge in [-0.3, -0.25) is 0 Å². The Labute approximate surface area is 91.8 Å². The number of esters is 1. The average Bonchev–Trinajstić information content (AvgIpc) is 2.59. The highest BCUT2D eigenvalue weighted by molar-refractivity contribution is 8.02. The summed E-state index contributed by atoms with van der Waals surface area (Å²) in [4.78, 5) is 11.5. The number of thioether (sulfide) groups is 1. The van der Waals surface area contributed by atoms with Gasteiger partial charge in [-0.05, 0) is 5.56 Å². The van der Waals surface area contributed by atoms with Gasteiger partial charge < -0.3 is 9.84 Å². The first-order valence-corrected chi connectivity index (χ1v) is 5.52. The van der Waals surface area contributed by atoms with Crippen LogP contribution in [-0.2, 0) is 15.3 Å². The van der Waals surface area contributed by atoms with Crippen LogP contribution in [0.3, 0.4) is 0 Å². The molecule has 1 heterocycles. The number of aliphatic hydroxyl groups excluding tert-OH is 1. The number of rotatable bonds is 3. The Morgan fingerprint density at radius 1 is 1.33 bits per heavy atom. The van der Waals surface area contributed by atoms with Crippen LogP contribution >= 0.6 is 11.8 Å². The number of ether oxygens (including phenoxy) is 1. The van der Waals surface area contributed by atoms with Gasteiger partial charge in [0.05, 0.1) is 4.91 Å². The van der Waals surface area contributed by atoms with Crippen molar-refractivity contribution >= 4 is 17.7 Å².